The largest absolute Gasteiger partial charge is 0.396 e. The summed E-state index contributed by atoms with van der Waals surface area (Å²) >= 11 is 0. The highest BCUT2D eigenvalue weighted by Crippen LogP contribution is 2.37. The van der Waals surface area contributed by atoms with Crippen LogP contribution in [0, 0.1) is 0 Å². The van der Waals surface area contributed by atoms with Gasteiger partial charge in [-0.3, -0.25) is 0 Å². The molecule has 0 radical (unpaired) electrons. The molecule has 1 N–H and O–H groups in total. The molecule has 1 fully saturated rings. The first-order valence-corrected chi connectivity index (χ1v) is 6.38. The van der Waals surface area contributed by atoms with E-state index in [0.29, 0.717) is 0 Å². The van der Waals surface area contributed by atoms with E-state index in [1.165, 1.54) is 49.0 Å². The molecular formula is C14H19NO. The van der Waals surface area contributed by atoms with Crippen LogP contribution in [0.15, 0.2) is 18.2 Å². The predicted molar refractivity (Wildman–Crippen MR) is 65.9 cm³/mol. The minimum atomic E-state index is 0.264. The number of nitrogens with zero attached hydrogens (tertiary/aromatic N) is 1. The molecule has 1 aromatic rings. The van der Waals surface area contributed by atoms with Crippen LogP contribution >= 0.6 is 0 Å². The van der Waals surface area contributed by atoms with Crippen LogP contribution < -0.4 is 4.90 Å². The molecule has 1 aromatic carbocycles. The number of fused-ring (bicyclic) bond motifs is 1. The summed E-state index contributed by atoms with van der Waals surface area (Å²) in [5.74, 6) is 0. The Labute approximate surface area is 96.9 Å². The first-order chi connectivity index (χ1) is 7.90. The Balaban J connectivity index is 1.90. The molecule has 0 amide bonds. The molecule has 1 saturated carbocycles. The number of rotatable bonds is 3. The van der Waals surface area contributed by atoms with Gasteiger partial charge in [0.05, 0.1) is 0 Å². The second-order valence-electron chi connectivity index (χ2n) is 4.92. The van der Waals surface area contributed by atoms with Crippen molar-refractivity contribution in [3.63, 3.8) is 0 Å². The lowest BCUT2D eigenvalue weighted by atomic mass is 9.91. The van der Waals surface area contributed by atoms with Crippen LogP contribution in [-0.2, 0) is 12.8 Å². The molecule has 86 valence electrons. The highest BCUT2D eigenvalue weighted by atomic mass is 16.2. The molecule has 2 heteroatoms. The number of aliphatic hydroxyl groups excluding tert-OH is 1. The number of hydrogen-bond donors (Lipinski definition) is 1. The van der Waals surface area contributed by atoms with E-state index in [4.69, 9.17) is 5.11 Å². The van der Waals surface area contributed by atoms with Crippen molar-refractivity contribution < 1.29 is 5.11 Å². The molecule has 0 saturated heterocycles. The average Bonchev–Trinajstić information content (AvgIpc) is 2.62. The number of anilines is 1. The van der Waals surface area contributed by atoms with Gasteiger partial charge in [0.1, 0.15) is 0 Å². The van der Waals surface area contributed by atoms with Crippen molar-refractivity contribution in [1.82, 2.24) is 0 Å². The van der Waals surface area contributed by atoms with Crippen LogP contribution in [0.1, 0.15) is 30.4 Å². The predicted octanol–water partition coefficient (Wildman–Crippen LogP) is 2.14. The van der Waals surface area contributed by atoms with Crippen molar-refractivity contribution >= 4 is 5.69 Å². The zero-order valence-corrected chi connectivity index (χ0v) is 9.65. The van der Waals surface area contributed by atoms with Gasteiger partial charge >= 0.3 is 0 Å². The molecule has 1 heterocycles. The number of hydrogen-bond acceptors (Lipinski definition) is 2. The molecule has 0 spiro atoms. The van der Waals surface area contributed by atoms with Crippen LogP contribution in [0.25, 0.3) is 0 Å². The molecule has 2 nitrogen and oxygen atoms in total. The Morgan fingerprint density at radius 2 is 2.19 bits per heavy atom. The Morgan fingerprint density at radius 1 is 1.31 bits per heavy atom. The van der Waals surface area contributed by atoms with Gasteiger partial charge in [-0.05, 0) is 49.3 Å². The third-order valence-corrected chi connectivity index (χ3v) is 4.06. The normalized spacial score (nSPS) is 19.7. The van der Waals surface area contributed by atoms with Gasteiger partial charge in [-0.15, -0.1) is 0 Å². The molecular weight excluding hydrogens is 198 g/mol. The highest BCUT2D eigenvalue weighted by molar-refractivity contribution is 5.61. The summed E-state index contributed by atoms with van der Waals surface area (Å²) in [5, 5.41) is 9.07. The zero-order chi connectivity index (χ0) is 11.0. The second kappa shape index (κ2) is 4.10. The lowest BCUT2D eigenvalue weighted by molar-refractivity contribution is 0.299. The SMILES string of the molecule is OCCc1cccc2c1CCN2C1CCC1. The van der Waals surface area contributed by atoms with Crippen LogP contribution in [0.3, 0.4) is 0 Å². The molecule has 0 bridgehead atoms. The maximum atomic E-state index is 9.07. The van der Waals surface area contributed by atoms with Crippen molar-refractivity contribution in [1.29, 1.82) is 0 Å². The van der Waals surface area contributed by atoms with Gasteiger partial charge in [-0.2, -0.15) is 0 Å². The third kappa shape index (κ3) is 1.52. The molecule has 1 aliphatic carbocycles. The molecule has 16 heavy (non-hydrogen) atoms. The van der Waals surface area contributed by atoms with Crippen LogP contribution in [0.5, 0.6) is 0 Å². The summed E-state index contributed by atoms with van der Waals surface area (Å²) in [6, 6.07) is 7.35. The summed E-state index contributed by atoms with van der Waals surface area (Å²) < 4.78 is 0. The summed E-state index contributed by atoms with van der Waals surface area (Å²) in [4.78, 5) is 2.58. The highest BCUT2D eigenvalue weighted by Gasteiger charge is 2.30. The van der Waals surface area contributed by atoms with Crippen molar-refractivity contribution in [3.05, 3.63) is 29.3 Å². The summed E-state index contributed by atoms with van der Waals surface area (Å²) in [7, 11) is 0. The van der Waals surface area contributed by atoms with Crippen LogP contribution in [-0.4, -0.2) is 24.3 Å². The first-order valence-electron chi connectivity index (χ1n) is 6.38. The molecule has 0 unspecified atom stereocenters. The third-order valence-electron chi connectivity index (χ3n) is 4.06. The zero-order valence-electron chi connectivity index (χ0n) is 9.65. The van der Waals surface area contributed by atoms with Crippen LogP contribution in [0.4, 0.5) is 5.69 Å². The number of benzene rings is 1. The second-order valence-corrected chi connectivity index (χ2v) is 4.92. The molecule has 2 aliphatic rings. The van der Waals surface area contributed by atoms with Crippen molar-refractivity contribution in [2.45, 2.75) is 38.1 Å². The molecule has 3 rings (SSSR count). The van der Waals surface area contributed by atoms with E-state index in [-0.39, 0.29) is 6.61 Å². The van der Waals surface area contributed by atoms with Crippen molar-refractivity contribution in [2.75, 3.05) is 18.1 Å². The van der Waals surface area contributed by atoms with Gasteiger partial charge in [0.25, 0.3) is 0 Å². The fraction of sp³-hybridized carbons (Fsp3) is 0.571. The average molecular weight is 217 g/mol. The maximum absolute atomic E-state index is 9.07. The smallest absolute Gasteiger partial charge is 0.0471 e. The first kappa shape index (κ1) is 10.2. The fourth-order valence-corrected chi connectivity index (χ4v) is 2.96. The molecule has 0 atom stereocenters. The quantitative estimate of drug-likeness (QED) is 0.838. The van der Waals surface area contributed by atoms with Gasteiger partial charge in [0, 0.05) is 24.9 Å². The topological polar surface area (TPSA) is 23.5 Å². The maximum Gasteiger partial charge on any atom is 0.0471 e. The van der Waals surface area contributed by atoms with Gasteiger partial charge < -0.3 is 10.0 Å². The van der Waals surface area contributed by atoms with Crippen LogP contribution in [0.2, 0.25) is 0 Å². The number of aliphatic hydroxyl groups is 1. The van der Waals surface area contributed by atoms with E-state index in [2.05, 4.69) is 23.1 Å². The van der Waals surface area contributed by atoms with E-state index in [0.717, 1.165) is 12.5 Å². The van der Waals surface area contributed by atoms with Crippen molar-refractivity contribution in [3.8, 4) is 0 Å². The van der Waals surface area contributed by atoms with E-state index < -0.39 is 0 Å². The summed E-state index contributed by atoms with van der Waals surface area (Å²) in [6.07, 6.45) is 6.10. The molecule has 1 aliphatic heterocycles. The van der Waals surface area contributed by atoms with E-state index in [9.17, 15) is 0 Å². The summed E-state index contributed by atoms with van der Waals surface area (Å²) in [6.45, 7) is 1.45. The van der Waals surface area contributed by atoms with E-state index in [1.54, 1.807) is 0 Å². The standard InChI is InChI=1S/C14H19NO/c16-10-8-11-3-1-6-14-13(11)7-9-15(14)12-4-2-5-12/h1,3,6,12,16H,2,4-5,7-10H2. The van der Waals surface area contributed by atoms with E-state index >= 15 is 0 Å². The minimum absolute atomic E-state index is 0.264. The lowest BCUT2D eigenvalue weighted by Crippen LogP contribution is -2.38. The van der Waals surface area contributed by atoms with Crippen molar-refractivity contribution in [2.24, 2.45) is 0 Å². The fourth-order valence-electron chi connectivity index (χ4n) is 2.96. The minimum Gasteiger partial charge on any atom is -0.396 e. The summed E-state index contributed by atoms with van der Waals surface area (Å²) in [5.41, 5.74) is 4.28. The van der Waals surface area contributed by atoms with Gasteiger partial charge in [-0.1, -0.05) is 12.1 Å². The van der Waals surface area contributed by atoms with Gasteiger partial charge in [-0.25, -0.2) is 0 Å². The lowest BCUT2D eigenvalue weighted by Gasteiger charge is -2.36. The molecule has 0 aromatic heterocycles. The Kier molecular flexibility index (Phi) is 2.60. The Bertz CT molecular complexity index is 384. The van der Waals surface area contributed by atoms with Gasteiger partial charge in [0.2, 0.25) is 0 Å². The Morgan fingerprint density at radius 3 is 2.88 bits per heavy atom. The van der Waals surface area contributed by atoms with E-state index in [1.807, 2.05) is 0 Å². The monoisotopic (exact) mass is 217 g/mol. The Hall–Kier alpha value is -1.02. The van der Waals surface area contributed by atoms with Gasteiger partial charge in [0.15, 0.2) is 0 Å².